The molecule has 0 aromatic carbocycles. The lowest BCUT2D eigenvalue weighted by Gasteiger charge is -2.29. The molecule has 0 spiro atoms. The van der Waals surface area contributed by atoms with E-state index in [1.54, 1.807) is 0 Å². The Bertz CT molecular complexity index is 223. The molecule has 1 saturated heterocycles. The van der Waals surface area contributed by atoms with Gasteiger partial charge in [-0.15, -0.1) is 0 Å². The SMILES string of the molecule is CCOC(=O)[C@@H](OC1CCCCO1)[C@@H](C)CC. The second-order valence-electron chi connectivity index (χ2n) is 4.49. The van der Waals surface area contributed by atoms with E-state index in [9.17, 15) is 4.79 Å². The van der Waals surface area contributed by atoms with Crippen LogP contribution in [0.5, 0.6) is 0 Å². The molecule has 0 aromatic heterocycles. The lowest BCUT2D eigenvalue weighted by atomic mass is 10.0. The van der Waals surface area contributed by atoms with Crippen molar-refractivity contribution in [3.8, 4) is 0 Å². The third-order valence-electron chi connectivity index (χ3n) is 3.12. The molecule has 3 atom stereocenters. The van der Waals surface area contributed by atoms with Crippen molar-refractivity contribution in [3.05, 3.63) is 0 Å². The number of carbonyl (C=O) groups is 1. The molecule has 0 saturated carbocycles. The van der Waals surface area contributed by atoms with Crippen molar-refractivity contribution in [2.75, 3.05) is 13.2 Å². The third-order valence-corrected chi connectivity index (χ3v) is 3.12. The van der Waals surface area contributed by atoms with Gasteiger partial charge in [0.15, 0.2) is 12.4 Å². The summed E-state index contributed by atoms with van der Waals surface area (Å²) in [7, 11) is 0. The standard InChI is InChI=1S/C13H24O4/c1-4-10(3)12(13(14)15-5-2)17-11-8-6-7-9-16-11/h10-12H,4-9H2,1-3H3/t10-,11?,12-/m0/s1. The van der Waals surface area contributed by atoms with E-state index < -0.39 is 6.10 Å². The molecule has 0 aliphatic carbocycles. The lowest BCUT2D eigenvalue weighted by Crippen LogP contribution is -2.38. The summed E-state index contributed by atoms with van der Waals surface area (Å²) in [4.78, 5) is 11.8. The van der Waals surface area contributed by atoms with E-state index in [0.29, 0.717) is 6.61 Å². The number of esters is 1. The molecule has 1 aliphatic heterocycles. The van der Waals surface area contributed by atoms with Crippen LogP contribution in [0.2, 0.25) is 0 Å². The predicted molar refractivity (Wildman–Crippen MR) is 64.6 cm³/mol. The first-order valence-electron chi connectivity index (χ1n) is 6.62. The first-order chi connectivity index (χ1) is 8.19. The fourth-order valence-electron chi connectivity index (χ4n) is 1.84. The fraction of sp³-hybridized carbons (Fsp3) is 0.923. The molecule has 1 rings (SSSR count). The first-order valence-corrected chi connectivity index (χ1v) is 6.62. The minimum atomic E-state index is -0.497. The molecule has 17 heavy (non-hydrogen) atoms. The monoisotopic (exact) mass is 244 g/mol. The third kappa shape index (κ3) is 4.64. The number of hydrogen-bond acceptors (Lipinski definition) is 4. The summed E-state index contributed by atoms with van der Waals surface area (Å²) in [6.07, 6.45) is 3.19. The minimum Gasteiger partial charge on any atom is -0.464 e. The highest BCUT2D eigenvalue weighted by Gasteiger charge is 2.30. The lowest BCUT2D eigenvalue weighted by molar-refractivity contribution is -0.211. The second-order valence-corrected chi connectivity index (χ2v) is 4.49. The molecule has 1 aliphatic rings. The van der Waals surface area contributed by atoms with Crippen LogP contribution in [0.1, 0.15) is 46.5 Å². The number of carbonyl (C=O) groups excluding carboxylic acids is 1. The maximum atomic E-state index is 11.8. The van der Waals surface area contributed by atoms with Gasteiger partial charge in [-0.3, -0.25) is 0 Å². The van der Waals surface area contributed by atoms with Crippen LogP contribution in [0.15, 0.2) is 0 Å². The smallest absolute Gasteiger partial charge is 0.335 e. The summed E-state index contributed by atoms with van der Waals surface area (Å²) in [6.45, 7) is 6.97. The van der Waals surface area contributed by atoms with Crippen LogP contribution in [-0.2, 0) is 19.0 Å². The van der Waals surface area contributed by atoms with Gasteiger partial charge in [-0.2, -0.15) is 0 Å². The largest absolute Gasteiger partial charge is 0.464 e. The molecular formula is C13H24O4. The zero-order chi connectivity index (χ0) is 12.7. The number of rotatable bonds is 6. The molecule has 4 nitrogen and oxygen atoms in total. The van der Waals surface area contributed by atoms with Crippen LogP contribution in [0.4, 0.5) is 0 Å². The van der Waals surface area contributed by atoms with Gasteiger partial charge in [0.1, 0.15) is 0 Å². The van der Waals surface area contributed by atoms with E-state index in [4.69, 9.17) is 14.2 Å². The van der Waals surface area contributed by atoms with Gasteiger partial charge in [-0.25, -0.2) is 4.79 Å². The summed E-state index contributed by atoms with van der Waals surface area (Å²) in [5, 5.41) is 0. The van der Waals surface area contributed by atoms with E-state index >= 15 is 0 Å². The normalized spacial score (nSPS) is 24.1. The molecular weight excluding hydrogens is 220 g/mol. The van der Waals surface area contributed by atoms with Gasteiger partial charge in [0.2, 0.25) is 0 Å². The van der Waals surface area contributed by atoms with Gasteiger partial charge in [0.25, 0.3) is 0 Å². The molecule has 0 radical (unpaired) electrons. The Morgan fingerprint density at radius 3 is 2.71 bits per heavy atom. The van der Waals surface area contributed by atoms with Gasteiger partial charge in [-0.05, 0) is 32.1 Å². The minimum absolute atomic E-state index is 0.152. The molecule has 0 N–H and O–H groups in total. The zero-order valence-corrected chi connectivity index (χ0v) is 11.1. The van der Waals surface area contributed by atoms with Crippen molar-refractivity contribution in [3.63, 3.8) is 0 Å². The molecule has 4 heteroatoms. The summed E-state index contributed by atoms with van der Waals surface area (Å²) >= 11 is 0. The molecule has 1 unspecified atom stereocenters. The molecule has 1 heterocycles. The van der Waals surface area contributed by atoms with Gasteiger partial charge in [0, 0.05) is 6.61 Å². The van der Waals surface area contributed by atoms with Crippen LogP contribution in [0, 0.1) is 5.92 Å². The highest BCUT2D eigenvalue weighted by atomic mass is 16.7. The van der Waals surface area contributed by atoms with Crippen molar-refractivity contribution in [1.82, 2.24) is 0 Å². The van der Waals surface area contributed by atoms with Crippen molar-refractivity contribution < 1.29 is 19.0 Å². The van der Waals surface area contributed by atoms with Crippen LogP contribution >= 0.6 is 0 Å². The van der Waals surface area contributed by atoms with Gasteiger partial charge in [0.05, 0.1) is 6.61 Å². The zero-order valence-electron chi connectivity index (χ0n) is 11.1. The Hall–Kier alpha value is -0.610. The Morgan fingerprint density at radius 2 is 2.18 bits per heavy atom. The summed E-state index contributed by atoms with van der Waals surface area (Å²) in [5.74, 6) is -0.115. The van der Waals surface area contributed by atoms with E-state index in [1.807, 2.05) is 20.8 Å². The van der Waals surface area contributed by atoms with Crippen molar-refractivity contribution in [2.45, 2.75) is 58.8 Å². The molecule has 0 bridgehead atoms. The second kappa shape index (κ2) is 7.67. The van der Waals surface area contributed by atoms with Crippen LogP contribution < -0.4 is 0 Å². The molecule has 1 fully saturated rings. The number of ether oxygens (including phenoxy) is 3. The van der Waals surface area contributed by atoms with E-state index in [-0.39, 0.29) is 18.2 Å². The molecule has 100 valence electrons. The summed E-state index contributed by atoms with van der Waals surface area (Å²) < 4.78 is 16.3. The topological polar surface area (TPSA) is 44.8 Å². The van der Waals surface area contributed by atoms with E-state index in [1.165, 1.54) is 0 Å². The average Bonchev–Trinajstić information content (AvgIpc) is 2.36. The maximum Gasteiger partial charge on any atom is 0.335 e. The summed E-state index contributed by atoms with van der Waals surface area (Å²) in [6, 6.07) is 0. The Kier molecular flexibility index (Phi) is 6.52. The quantitative estimate of drug-likeness (QED) is 0.673. The highest BCUT2D eigenvalue weighted by Crippen LogP contribution is 2.21. The Labute approximate surface area is 104 Å². The van der Waals surface area contributed by atoms with Crippen molar-refractivity contribution in [1.29, 1.82) is 0 Å². The fourth-order valence-corrected chi connectivity index (χ4v) is 1.84. The highest BCUT2D eigenvalue weighted by molar-refractivity contribution is 5.75. The maximum absolute atomic E-state index is 11.8. The first kappa shape index (κ1) is 14.5. The predicted octanol–water partition coefficient (Wildman–Crippen LogP) is 2.51. The van der Waals surface area contributed by atoms with Gasteiger partial charge >= 0.3 is 5.97 Å². The van der Waals surface area contributed by atoms with Crippen LogP contribution in [-0.4, -0.2) is 31.6 Å². The van der Waals surface area contributed by atoms with Crippen molar-refractivity contribution in [2.24, 2.45) is 5.92 Å². The van der Waals surface area contributed by atoms with E-state index in [2.05, 4.69) is 0 Å². The van der Waals surface area contributed by atoms with Crippen LogP contribution in [0.3, 0.4) is 0 Å². The molecule has 0 aromatic rings. The average molecular weight is 244 g/mol. The van der Waals surface area contributed by atoms with E-state index in [0.717, 1.165) is 32.3 Å². The Morgan fingerprint density at radius 1 is 1.41 bits per heavy atom. The van der Waals surface area contributed by atoms with Crippen molar-refractivity contribution >= 4 is 5.97 Å². The van der Waals surface area contributed by atoms with Crippen LogP contribution in [0.25, 0.3) is 0 Å². The van der Waals surface area contributed by atoms with Gasteiger partial charge in [-0.1, -0.05) is 20.3 Å². The number of hydrogen-bond donors (Lipinski definition) is 0. The molecule has 0 amide bonds. The Balaban J connectivity index is 2.52. The summed E-state index contributed by atoms with van der Waals surface area (Å²) in [5.41, 5.74) is 0. The van der Waals surface area contributed by atoms with Gasteiger partial charge < -0.3 is 14.2 Å².